The molecule has 0 aliphatic rings. The van der Waals surface area contributed by atoms with Crippen molar-refractivity contribution in [3.8, 4) is 0 Å². The zero-order chi connectivity index (χ0) is 29.4. The highest BCUT2D eigenvalue weighted by molar-refractivity contribution is 6.58. The van der Waals surface area contributed by atoms with Gasteiger partial charge in [0.1, 0.15) is 18.3 Å². The normalized spacial score (nSPS) is 13.2. The second kappa shape index (κ2) is 13.2. The number of carbonyl (C=O) groups excluding carboxylic acids is 3. The van der Waals surface area contributed by atoms with Crippen molar-refractivity contribution in [2.45, 2.75) is 52.6 Å². The van der Waals surface area contributed by atoms with Gasteiger partial charge in [0.2, 0.25) is 11.8 Å². The summed E-state index contributed by atoms with van der Waals surface area (Å²) in [6, 6.07) is 5.69. The molecule has 0 fully saturated rings. The number of nitrogens with zero attached hydrogens (tertiary/aromatic N) is 4. The second-order valence-corrected chi connectivity index (χ2v) is 11.4. The number of nitrogens with one attached hydrogen (secondary N) is 2. The number of halogens is 3. The average Bonchev–Trinajstić information content (AvgIpc) is 3.25. The van der Waals surface area contributed by atoms with Gasteiger partial charge in [-0.2, -0.15) is 0 Å². The van der Waals surface area contributed by atoms with Gasteiger partial charge in [-0.15, -0.1) is 5.10 Å². The highest BCUT2D eigenvalue weighted by atomic mass is 19.4. The molecule has 10 nitrogen and oxygen atoms in total. The number of aromatic nitrogens is 3. The Labute approximate surface area is 227 Å². The summed E-state index contributed by atoms with van der Waals surface area (Å²) in [5.41, 5.74) is 6.37. The van der Waals surface area contributed by atoms with Gasteiger partial charge in [-0.25, -0.2) is 4.68 Å². The number of Topliss-reactive ketones (excluding diaryl/α,β-unsaturated/α-hetero) is 1. The molecule has 14 heteroatoms. The van der Waals surface area contributed by atoms with E-state index < -0.39 is 36.7 Å². The largest absolute Gasteiger partial charge is 0.531 e. The first kappa shape index (κ1) is 32.0. The Morgan fingerprint density at radius 3 is 2.31 bits per heavy atom. The topological polar surface area (TPSA) is 132 Å². The van der Waals surface area contributed by atoms with Gasteiger partial charge in [-0.1, -0.05) is 26.0 Å². The third-order valence-electron chi connectivity index (χ3n) is 5.94. The van der Waals surface area contributed by atoms with Gasteiger partial charge in [0.25, 0.3) is 0 Å². The van der Waals surface area contributed by atoms with Gasteiger partial charge in [-0.05, 0) is 50.1 Å². The molecule has 2 amide bonds. The van der Waals surface area contributed by atoms with E-state index in [4.69, 9.17) is 5.73 Å². The molecular weight excluding hydrogens is 514 g/mol. The lowest BCUT2D eigenvalue weighted by molar-refractivity contribution is -0.895. The van der Waals surface area contributed by atoms with Crippen molar-refractivity contribution >= 4 is 30.3 Å². The minimum Gasteiger partial charge on any atom is -0.445 e. The molecule has 2 aromatic rings. The maximum Gasteiger partial charge on any atom is 0.531 e. The Morgan fingerprint density at radius 1 is 1.10 bits per heavy atom. The number of unbranched alkanes of at least 4 members (excludes halogenated alkanes) is 1. The van der Waals surface area contributed by atoms with Crippen LogP contribution in [0.25, 0.3) is 0 Å². The molecule has 1 aromatic carbocycles. The highest BCUT2D eigenvalue weighted by Gasteiger charge is 2.34. The van der Waals surface area contributed by atoms with Crippen molar-refractivity contribution in [3.63, 3.8) is 0 Å². The van der Waals surface area contributed by atoms with Crippen molar-refractivity contribution in [2.24, 2.45) is 11.1 Å². The average molecular weight is 553 g/mol. The van der Waals surface area contributed by atoms with E-state index in [1.54, 1.807) is 24.3 Å². The summed E-state index contributed by atoms with van der Waals surface area (Å²) in [6.07, 6.45) is 2.13. The van der Waals surface area contributed by atoms with E-state index in [2.05, 4.69) is 20.9 Å². The number of quaternary nitrogens is 1. The van der Waals surface area contributed by atoms with Crippen molar-refractivity contribution in [2.75, 3.05) is 38.9 Å². The number of hydrogen-bond donors (Lipinski definition) is 3. The predicted molar refractivity (Wildman–Crippen MR) is 144 cm³/mol. The zero-order valence-electron chi connectivity index (χ0n) is 23.2. The van der Waals surface area contributed by atoms with Gasteiger partial charge >= 0.3 is 6.98 Å². The smallest absolute Gasteiger partial charge is 0.445 e. The SMILES string of the molecule is CC(C)(C)C(=O)c1ccc(NC(=O)CNC(=O)[C@H](CCCCN)n2cc(C[N+](C)(C)C[B-](F)(F)F)nn2)cc1. The van der Waals surface area contributed by atoms with Gasteiger partial charge in [-0.3, -0.25) is 14.4 Å². The van der Waals surface area contributed by atoms with Crippen LogP contribution in [0.2, 0.25) is 0 Å². The number of anilines is 1. The Morgan fingerprint density at radius 2 is 1.74 bits per heavy atom. The number of rotatable bonds is 14. The summed E-state index contributed by atoms with van der Waals surface area (Å²) in [4.78, 5) is 37.8. The number of nitrogens with two attached hydrogens (primary N) is 1. The second-order valence-electron chi connectivity index (χ2n) is 11.4. The molecule has 4 N–H and O–H groups in total. The van der Waals surface area contributed by atoms with Crippen molar-refractivity contribution in [1.29, 1.82) is 0 Å². The lowest BCUT2D eigenvalue weighted by Gasteiger charge is -2.33. The Kier molecular flexibility index (Phi) is 10.8. The molecule has 2 rings (SSSR count). The molecule has 0 aliphatic carbocycles. The van der Waals surface area contributed by atoms with Crippen LogP contribution in [0.4, 0.5) is 18.6 Å². The number of carbonyl (C=O) groups is 3. The van der Waals surface area contributed by atoms with Crippen molar-refractivity contribution < 1.29 is 31.8 Å². The third kappa shape index (κ3) is 10.8. The number of benzene rings is 1. The van der Waals surface area contributed by atoms with Crippen LogP contribution < -0.4 is 16.4 Å². The minimum atomic E-state index is -4.99. The molecular formula is C25H39BF3N7O3. The van der Waals surface area contributed by atoms with E-state index in [9.17, 15) is 27.3 Å². The first-order valence-corrected chi connectivity index (χ1v) is 12.9. The molecule has 0 aliphatic heterocycles. The molecule has 0 radical (unpaired) electrons. The van der Waals surface area contributed by atoms with Gasteiger partial charge in [0.05, 0.1) is 33.3 Å². The third-order valence-corrected chi connectivity index (χ3v) is 5.94. The lowest BCUT2D eigenvalue weighted by atomic mass is 9.86. The van der Waals surface area contributed by atoms with Crippen molar-refractivity contribution in [3.05, 3.63) is 41.7 Å². The summed E-state index contributed by atoms with van der Waals surface area (Å²) in [5, 5.41) is 13.2. The van der Waals surface area contributed by atoms with E-state index in [0.29, 0.717) is 42.8 Å². The molecule has 216 valence electrons. The quantitative estimate of drug-likeness (QED) is 0.143. The van der Waals surface area contributed by atoms with Crippen LogP contribution in [0, 0.1) is 5.41 Å². The van der Waals surface area contributed by atoms with E-state index in [0.717, 1.165) is 0 Å². The molecule has 0 bridgehead atoms. The van der Waals surface area contributed by atoms with Crippen LogP contribution >= 0.6 is 0 Å². The molecule has 0 saturated carbocycles. The molecule has 1 aromatic heterocycles. The summed E-state index contributed by atoms with van der Waals surface area (Å²) in [6.45, 7) is 0.600. The van der Waals surface area contributed by atoms with E-state index in [1.807, 2.05) is 20.8 Å². The summed E-state index contributed by atoms with van der Waals surface area (Å²) >= 11 is 0. The molecule has 0 saturated heterocycles. The van der Waals surface area contributed by atoms with E-state index in [-0.39, 0.29) is 23.4 Å². The summed E-state index contributed by atoms with van der Waals surface area (Å²) in [5.74, 6) is -0.961. The van der Waals surface area contributed by atoms with Crippen LogP contribution in [-0.4, -0.2) is 77.7 Å². The zero-order valence-corrected chi connectivity index (χ0v) is 23.2. The maximum atomic E-state index is 13.0. The fourth-order valence-corrected chi connectivity index (χ4v) is 4.10. The van der Waals surface area contributed by atoms with E-state index in [1.165, 1.54) is 25.0 Å². The lowest BCUT2D eigenvalue weighted by Crippen LogP contribution is -2.48. The Balaban J connectivity index is 2.02. The van der Waals surface area contributed by atoms with Gasteiger partial charge < -0.3 is 33.8 Å². The summed E-state index contributed by atoms with van der Waals surface area (Å²) < 4.78 is 39.8. The Bertz CT molecular complexity index is 1130. The molecule has 0 spiro atoms. The predicted octanol–water partition coefficient (Wildman–Crippen LogP) is 2.89. The van der Waals surface area contributed by atoms with E-state index >= 15 is 0 Å². The van der Waals surface area contributed by atoms with Crippen LogP contribution in [-0.2, 0) is 16.1 Å². The number of hydrogen-bond acceptors (Lipinski definition) is 6. The highest BCUT2D eigenvalue weighted by Crippen LogP contribution is 2.22. The monoisotopic (exact) mass is 553 g/mol. The number of ketones is 1. The molecule has 1 atom stereocenters. The molecule has 1 heterocycles. The standard InChI is InChI=1S/C25H39BF3N7O3/c1-25(2,3)23(38)18-9-11-19(12-10-18)32-22(37)14-31-24(39)21(8-6-7-13-30)35-15-20(33-34-35)16-36(4,5)17-26(27,28)29/h9-12,15,21H,6-8,13-14,16-17,30H2,1-5H3,(H,31,39)(H,32,37)/t21-/m0/s1. The maximum absolute atomic E-state index is 13.0. The molecule has 39 heavy (non-hydrogen) atoms. The van der Waals surface area contributed by atoms with Crippen LogP contribution in [0.15, 0.2) is 30.5 Å². The van der Waals surface area contributed by atoms with Gasteiger partial charge in [0.15, 0.2) is 5.78 Å². The Hall–Kier alpha value is -3.26. The van der Waals surface area contributed by atoms with Crippen LogP contribution in [0.5, 0.6) is 0 Å². The first-order chi connectivity index (χ1) is 18.0. The first-order valence-electron chi connectivity index (χ1n) is 12.9. The fourth-order valence-electron chi connectivity index (χ4n) is 4.10. The fraction of sp³-hybridized carbons (Fsp3) is 0.560. The number of amides is 2. The molecule has 0 unspecified atom stereocenters. The summed E-state index contributed by atoms with van der Waals surface area (Å²) in [7, 11) is 2.91. The van der Waals surface area contributed by atoms with Gasteiger partial charge in [0, 0.05) is 16.7 Å². The van der Waals surface area contributed by atoms with Crippen molar-refractivity contribution in [1.82, 2.24) is 20.3 Å². The minimum absolute atomic E-state index is 0.0130. The van der Waals surface area contributed by atoms with Crippen LogP contribution in [0.3, 0.4) is 0 Å². The van der Waals surface area contributed by atoms with Crippen LogP contribution in [0.1, 0.15) is 62.1 Å².